The van der Waals surface area contributed by atoms with Gasteiger partial charge in [-0.25, -0.2) is 0 Å². The Morgan fingerprint density at radius 3 is 2.71 bits per heavy atom. The van der Waals surface area contributed by atoms with Crippen LogP contribution in [0.15, 0.2) is 24.3 Å². The van der Waals surface area contributed by atoms with Crippen molar-refractivity contribution in [3.63, 3.8) is 0 Å². The number of hydrogen-bond donors (Lipinski definition) is 2. The Morgan fingerprint density at radius 2 is 2.04 bits per heavy atom. The van der Waals surface area contributed by atoms with E-state index in [4.69, 9.17) is 0 Å². The van der Waals surface area contributed by atoms with E-state index in [1.165, 1.54) is 12.1 Å². The molecule has 3 nitrogen and oxygen atoms in total. The van der Waals surface area contributed by atoms with Crippen molar-refractivity contribution in [2.45, 2.75) is 44.7 Å². The van der Waals surface area contributed by atoms with Gasteiger partial charge in [0.15, 0.2) is 0 Å². The van der Waals surface area contributed by atoms with E-state index in [9.17, 15) is 18.0 Å². The van der Waals surface area contributed by atoms with Gasteiger partial charge in [-0.2, -0.15) is 13.2 Å². The minimum absolute atomic E-state index is 0.0357. The van der Waals surface area contributed by atoms with E-state index in [0.29, 0.717) is 30.9 Å². The number of hydrogen-bond acceptors (Lipinski definition) is 2. The molecule has 0 spiro atoms. The normalized spacial score (nSPS) is 17.5. The van der Waals surface area contributed by atoms with E-state index < -0.39 is 11.7 Å². The van der Waals surface area contributed by atoms with Crippen LogP contribution in [0.4, 0.5) is 13.2 Å². The molecule has 1 heterocycles. The van der Waals surface area contributed by atoms with Crippen molar-refractivity contribution in [1.29, 1.82) is 0 Å². The predicted molar refractivity (Wildman–Crippen MR) is 87.7 cm³/mol. The van der Waals surface area contributed by atoms with Crippen LogP contribution in [0.3, 0.4) is 0 Å². The predicted octanol–water partition coefficient (Wildman–Crippen LogP) is 3.70. The van der Waals surface area contributed by atoms with Gasteiger partial charge in [0.2, 0.25) is 5.91 Å². The summed E-state index contributed by atoms with van der Waals surface area (Å²) in [5.41, 5.74) is 0.0271. The highest BCUT2D eigenvalue weighted by atomic mass is 19.4. The smallest absolute Gasteiger partial charge is 0.356 e. The second-order valence-corrected chi connectivity index (χ2v) is 6.56. The van der Waals surface area contributed by atoms with Crippen LogP contribution in [0.25, 0.3) is 0 Å². The van der Waals surface area contributed by atoms with Crippen LogP contribution >= 0.6 is 0 Å². The largest absolute Gasteiger partial charge is 0.416 e. The van der Waals surface area contributed by atoms with E-state index in [2.05, 4.69) is 10.6 Å². The third-order valence-electron chi connectivity index (χ3n) is 4.62. The summed E-state index contributed by atoms with van der Waals surface area (Å²) in [6.45, 7) is 4.30. The van der Waals surface area contributed by atoms with Crippen molar-refractivity contribution in [1.82, 2.24) is 10.6 Å². The Kier molecular flexibility index (Phi) is 6.66. The lowest BCUT2D eigenvalue weighted by Crippen LogP contribution is -2.32. The van der Waals surface area contributed by atoms with Gasteiger partial charge in [0.1, 0.15) is 0 Å². The molecular weight excluding hydrogens is 317 g/mol. The molecule has 2 rings (SSSR count). The van der Waals surface area contributed by atoms with E-state index >= 15 is 0 Å². The summed E-state index contributed by atoms with van der Waals surface area (Å²) in [4.78, 5) is 11.9. The number of nitrogens with one attached hydrogen (secondary N) is 2. The summed E-state index contributed by atoms with van der Waals surface area (Å²) < 4.78 is 38.3. The molecule has 1 fully saturated rings. The lowest BCUT2D eigenvalue weighted by atomic mass is 9.94. The fourth-order valence-electron chi connectivity index (χ4n) is 3.04. The molecule has 1 aliphatic heterocycles. The highest BCUT2D eigenvalue weighted by Gasteiger charge is 2.30. The van der Waals surface area contributed by atoms with Crippen LogP contribution in [-0.4, -0.2) is 25.5 Å². The average Bonchev–Trinajstić information content (AvgIpc) is 2.55. The first-order valence-electron chi connectivity index (χ1n) is 8.51. The molecule has 1 unspecified atom stereocenters. The fourth-order valence-corrected chi connectivity index (χ4v) is 3.04. The van der Waals surface area contributed by atoms with Crippen molar-refractivity contribution in [3.8, 4) is 0 Å². The van der Waals surface area contributed by atoms with Crippen LogP contribution in [-0.2, 0) is 11.0 Å². The SMILES string of the molecule is CC(CCNC(=O)CC1CCNCC1)c1cccc(C(F)(F)F)c1. The van der Waals surface area contributed by atoms with Crippen LogP contribution in [0.2, 0.25) is 0 Å². The molecule has 2 N–H and O–H groups in total. The van der Waals surface area contributed by atoms with Crippen molar-refractivity contribution in [3.05, 3.63) is 35.4 Å². The Morgan fingerprint density at radius 1 is 1.33 bits per heavy atom. The van der Waals surface area contributed by atoms with Gasteiger partial charge < -0.3 is 10.6 Å². The number of piperidine rings is 1. The Bertz CT molecular complexity index is 539. The molecule has 0 radical (unpaired) electrons. The molecule has 134 valence electrons. The molecule has 1 aromatic carbocycles. The summed E-state index contributed by atoms with van der Waals surface area (Å²) in [6.07, 6.45) is -1.11. The molecule has 0 aromatic heterocycles. The highest BCUT2D eigenvalue weighted by Crippen LogP contribution is 2.31. The molecule has 1 amide bonds. The maximum absolute atomic E-state index is 12.8. The fraction of sp³-hybridized carbons (Fsp3) is 0.611. The zero-order valence-electron chi connectivity index (χ0n) is 14.0. The summed E-state index contributed by atoms with van der Waals surface area (Å²) in [7, 11) is 0. The zero-order chi connectivity index (χ0) is 17.6. The van der Waals surface area contributed by atoms with E-state index in [0.717, 1.165) is 32.0 Å². The van der Waals surface area contributed by atoms with Crippen LogP contribution < -0.4 is 10.6 Å². The molecule has 24 heavy (non-hydrogen) atoms. The average molecular weight is 342 g/mol. The van der Waals surface area contributed by atoms with Gasteiger partial charge in [0.25, 0.3) is 0 Å². The van der Waals surface area contributed by atoms with Gasteiger partial charge >= 0.3 is 6.18 Å². The molecule has 0 bridgehead atoms. The second kappa shape index (κ2) is 8.51. The van der Waals surface area contributed by atoms with Gasteiger partial charge in [-0.15, -0.1) is 0 Å². The van der Waals surface area contributed by atoms with Gasteiger partial charge in [-0.3, -0.25) is 4.79 Å². The van der Waals surface area contributed by atoms with Crippen LogP contribution in [0.1, 0.15) is 49.7 Å². The van der Waals surface area contributed by atoms with E-state index in [-0.39, 0.29) is 11.8 Å². The number of amides is 1. The van der Waals surface area contributed by atoms with Crippen LogP contribution in [0, 0.1) is 5.92 Å². The molecular formula is C18H25F3N2O. The van der Waals surface area contributed by atoms with Crippen molar-refractivity contribution >= 4 is 5.91 Å². The Balaban J connectivity index is 1.76. The first kappa shape index (κ1) is 18.8. The first-order valence-corrected chi connectivity index (χ1v) is 8.51. The number of halogens is 3. The van der Waals surface area contributed by atoms with Crippen molar-refractivity contribution < 1.29 is 18.0 Å². The quantitative estimate of drug-likeness (QED) is 0.827. The number of benzene rings is 1. The summed E-state index contributed by atoms with van der Waals surface area (Å²) in [6, 6.07) is 5.42. The molecule has 1 atom stereocenters. The molecule has 0 aliphatic carbocycles. The third-order valence-corrected chi connectivity index (χ3v) is 4.62. The Labute approximate surface area is 141 Å². The number of rotatable bonds is 6. The molecule has 1 aromatic rings. The van der Waals surface area contributed by atoms with E-state index in [1.807, 2.05) is 6.92 Å². The summed E-state index contributed by atoms with van der Waals surface area (Å²) in [5.74, 6) is 0.441. The monoisotopic (exact) mass is 342 g/mol. The lowest BCUT2D eigenvalue weighted by molar-refractivity contribution is -0.137. The highest BCUT2D eigenvalue weighted by molar-refractivity contribution is 5.76. The standard InChI is InChI=1S/C18H25F3N2O/c1-13(15-3-2-4-16(12-15)18(19,20)21)5-10-23-17(24)11-14-6-8-22-9-7-14/h2-4,12-14,22H,5-11H2,1H3,(H,23,24). The van der Waals surface area contributed by atoms with Crippen molar-refractivity contribution in [2.75, 3.05) is 19.6 Å². The zero-order valence-corrected chi connectivity index (χ0v) is 14.0. The summed E-state index contributed by atoms with van der Waals surface area (Å²) >= 11 is 0. The second-order valence-electron chi connectivity index (χ2n) is 6.56. The van der Waals surface area contributed by atoms with Crippen molar-refractivity contribution in [2.24, 2.45) is 5.92 Å². The third kappa shape index (κ3) is 5.82. The number of alkyl halides is 3. The number of carbonyl (C=O) groups excluding carboxylic acids is 1. The number of carbonyl (C=O) groups is 1. The minimum atomic E-state index is -4.32. The maximum atomic E-state index is 12.8. The molecule has 6 heteroatoms. The van der Waals surface area contributed by atoms with Gasteiger partial charge in [0.05, 0.1) is 5.56 Å². The van der Waals surface area contributed by atoms with Gasteiger partial charge in [-0.05, 0) is 55.8 Å². The molecule has 0 saturated carbocycles. The molecule has 1 saturated heterocycles. The van der Waals surface area contributed by atoms with Gasteiger partial charge in [0, 0.05) is 13.0 Å². The lowest BCUT2D eigenvalue weighted by Gasteiger charge is -2.22. The van der Waals surface area contributed by atoms with E-state index in [1.54, 1.807) is 6.07 Å². The van der Waals surface area contributed by atoms with Crippen LogP contribution in [0.5, 0.6) is 0 Å². The topological polar surface area (TPSA) is 41.1 Å². The molecule has 1 aliphatic rings. The van der Waals surface area contributed by atoms with Gasteiger partial charge in [-0.1, -0.05) is 25.1 Å². The first-order chi connectivity index (χ1) is 11.4. The maximum Gasteiger partial charge on any atom is 0.416 e. The Hall–Kier alpha value is -1.56. The minimum Gasteiger partial charge on any atom is -0.356 e. The summed E-state index contributed by atoms with van der Waals surface area (Å²) in [5, 5.41) is 6.16.